The molecule has 4 aromatic rings. The van der Waals surface area contributed by atoms with E-state index in [0.717, 1.165) is 0 Å². The summed E-state index contributed by atoms with van der Waals surface area (Å²) in [6.07, 6.45) is 5.10. The Bertz CT molecular complexity index is 2030. The van der Waals surface area contributed by atoms with E-state index in [9.17, 15) is 0 Å². The zero-order valence-electron chi connectivity index (χ0n) is 28.2. The van der Waals surface area contributed by atoms with Gasteiger partial charge in [0.05, 0.1) is 0 Å². The largest absolute Gasteiger partial charge is 0.0682 e. The highest BCUT2D eigenvalue weighted by atomic mass is 14.6. The fourth-order valence-corrected chi connectivity index (χ4v) is 10.5. The van der Waals surface area contributed by atoms with Crippen molar-refractivity contribution in [2.45, 2.75) is 91.4 Å². The molecule has 0 aromatic heterocycles. The van der Waals surface area contributed by atoms with Crippen molar-refractivity contribution < 1.29 is 0 Å². The lowest BCUT2D eigenvalue weighted by Gasteiger charge is -2.44. The van der Waals surface area contributed by atoms with Gasteiger partial charge in [0.25, 0.3) is 0 Å². The summed E-state index contributed by atoms with van der Waals surface area (Å²) in [5.74, 6) is 1.39. The van der Waals surface area contributed by atoms with E-state index in [0.29, 0.717) is 17.8 Å². The number of benzene rings is 4. The monoisotopic (exact) mass is 574 g/mol. The van der Waals surface area contributed by atoms with Crippen LogP contribution in [0.2, 0.25) is 0 Å². The molecule has 0 heterocycles. The third-order valence-electron chi connectivity index (χ3n) is 11.9. The molecule has 44 heavy (non-hydrogen) atoms. The Kier molecular flexibility index (Phi) is 5.54. The molecule has 1 spiro atoms. The van der Waals surface area contributed by atoms with E-state index in [2.05, 4.69) is 148 Å². The average Bonchev–Trinajstić information content (AvgIpc) is 3.48. The summed E-state index contributed by atoms with van der Waals surface area (Å²) in [7, 11) is 0. The summed E-state index contributed by atoms with van der Waals surface area (Å²) in [6.45, 7) is 24.1. The van der Waals surface area contributed by atoms with Crippen molar-refractivity contribution in [3.05, 3.63) is 129 Å². The Labute approximate surface area is 264 Å². The lowest BCUT2D eigenvalue weighted by atomic mass is 9.58. The highest BCUT2D eigenvalue weighted by Gasteiger charge is 2.56. The van der Waals surface area contributed by atoms with Gasteiger partial charge in [-0.15, -0.1) is 0 Å². The number of fused-ring (bicyclic) bond motifs is 12. The van der Waals surface area contributed by atoms with E-state index in [1.807, 2.05) is 0 Å². The van der Waals surface area contributed by atoms with Gasteiger partial charge in [-0.3, -0.25) is 0 Å². The molecule has 0 bridgehead atoms. The second-order valence-electron chi connectivity index (χ2n) is 15.9. The molecule has 0 nitrogen and oxygen atoms in total. The SMILES string of the molecule is CC1=CC2(c3ccc4c(c3-c3ccc5cc(C(C)C)ccc5c32)C(C)(C)C2=C4C(C)(C)c3ccccc32)C(C(C)C)C(C)=C1. The van der Waals surface area contributed by atoms with Crippen molar-refractivity contribution in [1.82, 2.24) is 0 Å². The van der Waals surface area contributed by atoms with Gasteiger partial charge in [-0.05, 0) is 104 Å². The predicted octanol–water partition coefficient (Wildman–Crippen LogP) is 11.9. The summed E-state index contributed by atoms with van der Waals surface area (Å²) in [5.41, 5.74) is 19.0. The van der Waals surface area contributed by atoms with Crippen molar-refractivity contribution in [3.63, 3.8) is 0 Å². The predicted molar refractivity (Wildman–Crippen MR) is 189 cm³/mol. The van der Waals surface area contributed by atoms with Gasteiger partial charge in [0.1, 0.15) is 0 Å². The van der Waals surface area contributed by atoms with Crippen LogP contribution in [0.5, 0.6) is 0 Å². The maximum atomic E-state index is 2.65. The Morgan fingerprint density at radius 3 is 2.09 bits per heavy atom. The van der Waals surface area contributed by atoms with Gasteiger partial charge < -0.3 is 0 Å². The van der Waals surface area contributed by atoms with Crippen LogP contribution in [0.1, 0.15) is 114 Å². The summed E-state index contributed by atoms with van der Waals surface area (Å²) in [6, 6.07) is 26.4. The van der Waals surface area contributed by atoms with E-state index in [1.54, 1.807) is 16.7 Å². The first-order valence-electron chi connectivity index (χ1n) is 16.8. The summed E-state index contributed by atoms with van der Waals surface area (Å²) >= 11 is 0. The van der Waals surface area contributed by atoms with Crippen LogP contribution in [0.3, 0.4) is 0 Å². The van der Waals surface area contributed by atoms with Crippen molar-refractivity contribution >= 4 is 21.9 Å². The molecule has 0 fully saturated rings. The topological polar surface area (TPSA) is 0 Å². The number of hydrogen-bond acceptors (Lipinski definition) is 0. The maximum absolute atomic E-state index is 2.65. The Hall–Kier alpha value is -3.64. The fourth-order valence-electron chi connectivity index (χ4n) is 10.5. The zero-order chi connectivity index (χ0) is 31.1. The van der Waals surface area contributed by atoms with Crippen LogP contribution in [-0.4, -0.2) is 0 Å². The summed E-state index contributed by atoms with van der Waals surface area (Å²) < 4.78 is 0. The van der Waals surface area contributed by atoms with Gasteiger partial charge in [0.15, 0.2) is 0 Å². The molecule has 0 saturated carbocycles. The first-order valence-corrected chi connectivity index (χ1v) is 16.8. The lowest BCUT2D eigenvalue weighted by molar-refractivity contribution is 0.336. The van der Waals surface area contributed by atoms with Crippen molar-refractivity contribution in [2.75, 3.05) is 0 Å². The van der Waals surface area contributed by atoms with Gasteiger partial charge in [-0.2, -0.15) is 0 Å². The standard InChI is InChI=1S/C44H46/c1-24(2)28-15-17-30-29(22-28)16-18-32-36-35(44(38(30)32)23-26(5)21-27(6)37(44)25(3)4)20-19-33-39(36)43(9,10)40-31-13-11-12-14-34(31)42(7,8)41(33)40/h11-25,37H,1-10H3. The molecule has 8 rings (SSSR count). The summed E-state index contributed by atoms with van der Waals surface area (Å²) in [4.78, 5) is 0. The third-order valence-corrected chi connectivity index (χ3v) is 11.9. The van der Waals surface area contributed by atoms with Crippen LogP contribution in [0.25, 0.3) is 33.0 Å². The smallest absolute Gasteiger partial charge is 0.0473 e. The molecule has 0 amide bonds. The quantitative estimate of drug-likeness (QED) is 0.223. The molecule has 2 atom stereocenters. The Morgan fingerprint density at radius 1 is 0.659 bits per heavy atom. The van der Waals surface area contributed by atoms with Crippen molar-refractivity contribution in [1.29, 1.82) is 0 Å². The number of allylic oxidation sites excluding steroid dienone is 6. The highest BCUT2D eigenvalue weighted by Crippen LogP contribution is 2.68. The molecule has 0 radical (unpaired) electrons. The molecule has 0 saturated heterocycles. The van der Waals surface area contributed by atoms with Crippen molar-refractivity contribution in [2.24, 2.45) is 11.8 Å². The van der Waals surface area contributed by atoms with Gasteiger partial charge >= 0.3 is 0 Å². The van der Waals surface area contributed by atoms with Crippen LogP contribution in [0.15, 0.2) is 90.0 Å². The minimum absolute atomic E-state index is 0.0282. The van der Waals surface area contributed by atoms with Gasteiger partial charge in [0, 0.05) is 16.2 Å². The number of hydrogen-bond donors (Lipinski definition) is 0. The average molecular weight is 575 g/mol. The van der Waals surface area contributed by atoms with Gasteiger partial charge in [-0.25, -0.2) is 0 Å². The molecular formula is C44H46. The molecule has 4 aromatic carbocycles. The van der Waals surface area contributed by atoms with E-state index < -0.39 is 0 Å². The van der Waals surface area contributed by atoms with Gasteiger partial charge in [-0.1, -0.05) is 145 Å². The molecule has 2 unspecified atom stereocenters. The van der Waals surface area contributed by atoms with Gasteiger partial charge in [0.2, 0.25) is 0 Å². The van der Waals surface area contributed by atoms with Crippen LogP contribution >= 0.6 is 0 Å². The van der Waals surface area contributed by atoms with E-state index in [4.69, 9.17) is 0 Å². The molecule has 4 aliphatic carbocycles. The number of rotatable bonds is 2. The third kappa shape index (κ3) is 3.20. The van der Waals surface area contributed by atoms with E-state index >= 15 is 0 Å². The van der Waals surface area contributed by atoms with Crippen LogP contribution in [0, 0.1) is 11.8 Å². The summed E-state index contributed by atoms with van der Waals surface area (Å²) in [5, 5.41) is 2.79. The molecular weight excluding hydrogens is 528 g/mol. The molecule has 0 heteroatoms. The van der Waals surface area contributed by atoms with E-state index in [-0.39, 0.29) is 16.2 Å². The van der Waals surface area contributed by atoms with Crippen molar-refractivity contribution in [3.8, 4) is 11.1 Å². The van der Waals surface area contributed by atoms with Crippen LogP contribution in [-0.2, 0) is 16.2 Å². The molecule has 0 N–H and O–H groups in total. The lowest BCUT2D eigenvalue weighted by Crippen LogP contribution is -2.39. The molecule has 0 aliphatic heterocycles. The molecule has 222 valence electrons. The fraction of sp³-hybridized carbons (Fsp3) is 0.364. The second kappa shape index (κ2) is 8.75. The molecule has 4 aliphatic rings. The Balaban J connectivity index is 1.51. The minimum Gasteiger partial charge on any atom is -0.0682 e. The normalized spacial score (nSPS) is 23.6. The van der Waals surface area contributed by atoms with E-state index in [1.165, 1.54) is 66.4 Å². The first-order chi connectivity index (χ1) is 20.8. The zero-order valence-corrected chi connectivity index (χ0v) is 28.2. The second-order valence-corrected chi connectivity index (χ2v) is 15.9. The van der Waals surface area contributed by atoms with Crippen LogP contribution in [0.4, 0.5) is 0 Å². The Morgan fingerprint density at radius 2 is 1.36 bits per heavy atom. The first kappa shape index (κ1) is 27.9. The maximum Gasteiger partial charge on any atom is 0.0473 e. The highest BCUT2D eigenvalue weighted by molar-refractivity contribution is 6.12. The van der Waals surface area contributed by atoms with Crippen LogP contribution < -0.4 is 0 Å². The minimum atomic E-state index is -0.202.